The summed E-state index contributed by atoms with van der Waals surface area (Å²) in [5.41, 5.74) is 2.29. The third-order valence-corrected chi connectivity index (χ3v) is 3.90. The summed E-state index contributed by atoms with van der Waals surface area (Å²) in [6.45, 7) is 6.05. The predicted octanol–water partition coefficient (Wildman–Crippen LogP) is 2.96. The number of carbonyl (C=O) groups is 1. The largest absolute Gasteiger partial charge is 0.494 e. The Kier molecular flexibility index (Phi) is 4.52. The molecule has 3 aromatic rings. The van der Waals surface area contributed by atoms with Crippen molar-refractivity contribution in [3.05, 3.63) is 69.8 Å². The fourth-order valence-corrected chi connectivity index (χ4v) is 2.60. The lowest BCUT2D eigenvalue weighted by Gasteiger charge is -2.11. The molecule has 6 heteroatoms. The summed E-state index contributed by atoms with van der Waals surface area (Å²) < 4.78 is 6.80. The topological polar surface area (TPSA) is 72.7 Å². The van der Waals surface area contributed by atoms with Crippen LogP contribution in [0.15, 0.2) is 47.4 Å². The van der Waals surface area contributed by atoms with Crippen LogP contribution in [0.1, 0.15) is 28.5 Å². The molecule has 0 aliphatic carbocycles. The van der Waals surface area contributed by atoms with Crippen molar-refractivity contribution in [2.24, 2.45) is 0 Å². The van der Waals surface area contributed by atoms with E-state index in [-0.39, 0.29) is 17.2 Å². The monoisotopic (exact) mass is 337 g/mol. The molecule has 0 spiro atoms. The Morgan fingerprint density at radius 3 is 2.60 bits per heavy atom. The number of nitrogens with zero attached hydrogens (tertiary/aromatic N) is 2. The molecule has 0 fully saturated rings. The maximum Gasteiger partial charge on any atom is 0.281 e. The SMILES string of the molecule is CCOc1ccc(C(=O)Nc2c(C)nc3c(C)cccn3c2=O)cc1. The van der Waals surface area contributed by atoms with Gasteiger partial charge >= 0.3 is 0 Å². The zero-order valence-corrected chi connectivity index (χ0v) is 14.4. The number of ether oxygens (including phenoxy) is 1. The highest BCUT2D eigenvalue weighted by atomic mass is 16.5. The van der Waals surface area contributed by atoms with Crippen LogP contribution in [0.3, 0.4) is 0 Å². The highest BCUT2D eigenvalue weighted by Gasteiger charge is 2.14. The van der Waals surface area contributed by atoms with Gasteiger partial charge in [0, 0.05) is 11.8 Å². The van der Waals surface area contributed by atoms with Gasteiger partial charge in [-0.05, 0) is 56.7 Å². The molecule has 0 bridgehead atoms. The fraction of sp³-hybridized carbons (Fsp3) is 0.211. The number of pyridine rings is 1. The molecule has 1 N–H and O–H groups in total. The number of benzene rings is 1. The van der Waals surface area contributed by atoms with Crippen LogP contribution in [-0.2, 0) is 0 Å². The first-order chi connectivity index (χ1) is 12.0. The standard InChI is InChI=1S/C19H19N3O3/c1-4-25-15-9-7-14(8-10-15)18(23)21-16-13(3)20-17-12(2)6-5-11-22(17)19(16)24/h5-11H,4H2,1-3H3,(H,21,23). The number of amides is 1. The summed E-state index contributed by atoms with van der Waals surface area (Å²) in [4.78, 5) is 29.6. The molecule has 3 rings (SSSR count). The Balaban J connectivity index is 1.95. The van der Waals surface area contributed by atoms with E-state index in [4.69, 9.17) is 4.74 Å². The molecule has 0 saturated carbocycles. The van der Waals surface area contributed by atoms with Crippen LogP contribution in [0.4, 0.5) is 5.69 Å². The highest BCUT2D eigenvalue weighted by molar-refractivity contribution is 6.04. The van der Waals surface area contributed by atoms with Crippen LogP contribution in [0, 0.1) is 13.8 Å². The third-order valence-electron chi connectivity index (χ3n) is 3.90. The van der Waals surface area contributed by atoms with E-state index in [9.17, 15) is 9.59 Å². The van der Waals surface area contributed by atoms with Crippen molar-refractivity contribution in [3.8, 4) is 5.75 Å². The molecule has 2 aromatic heterocycles. The summed E-state index contributed by atoms with van der Waals surface area (Å²) in [6.07, 6.45) is 1.64. The molecule has 25 heavy (non-hydrogen) atoms. The molecular formula is C19H19N3O3. The number of carbonyl (C=O) groups excluding carboxylic acids is 1. The first-order valence-corrected chi connectivity index (χ1v) is 8.04. The van der Waals surface area contributed by atoms with Crippen LogP contribution in [-0.4, -0.2) is 21.9 Å². The maximum absolute atomic E-state index is 12.7. The molecule has 0 atom stereocenters. The molecule has 6 nitrogen and oxygen atoms in total. The van der Waals surface area contributed by atoms with Crippen LogP contribution in [0.25, 0.3) is 5.65 Å². The van der Waals surface area contributed by atoms with Gasteiger partial charge in [0.2, 0.25) is 0 Å². The smallest absolute Gasteiger partial charge is 0.281 e. The van der Waals surface area contributed by atoms with Crippen LogP contribution in [0.2, 0.25) is 0 Å². The molecule has 1 amide bonds. The molecule has 128 valence electrons. The van der Waals surface area contributed by atoms with Crippen molar-refractivity contribution < 1.29 is 9.53 Å². The van der Waals surface area contributed by atoms with Gasteiger partial charge in [-0.3, -0.25) is 14.0 Å². The van der Waals surface area contributed by atoms with Crippen molar-refractivity contribution in [1.29, 1.82) is 0 Å². The van der Waals surface area contributed by atoms with Gasteiger partial charge in [-0.15, -0.1) is 0 Å². The van der Waals surface area contributed by atoms with Gasteiger partial charge in [0.05, 0.1) is 12.3 Å². The Bertz CT molecular complexity index is 991. The quantitative estimate of drug-likeness (QED) is 0.794. The summed E-state index contributed by atoms with van der Waals surface area (Å²) in [6, 6.07) is 10.4. The molecule has 2 heterocycles. The first kappa shape index (κ1) is 16.7. The maximum atomic E-state index is 12.7. The first-order valence-electron chi connectivity index (χ1n) is 8.04. The second-order valence-electron chi connectivity index (χ2n) is 5.67. The van der Waals surface area contributed by atoms with E-state index in [1.54, 1.807) is 43.5 Å². The number of fused-ring (bicyclic) bond motifs is 1. The molecule has 0 aliphatic heterocycles. The lowest BCUT2D eigenvalue weighted by Crippen LogP contribution is -2.25. The van der Waals surface area contributed by atoms with Gasteiger partial charge in [0.15, 0.2) is 0 Å². The number of aryl methyl sites for hydroxylation is 2. The molecule has 0 radical (unpaired) electrons. The van der Waals surface area contributed by atoms with Crippen LogP contribution < -0.4 is 15.6 Å². The molecule has 0 saturated heterocycles. The Morgan fingerprint density at radius 2 is 1.92 bits per heavy atom. The van der Waals surface area contributed by atoms with E-state index < -0.39 is 0 Å². The second-order valence-corrected chi connectivity index (χ2v) is 5.67. The van der Waals surface area contributed by atoms with E-state index in [1.165, 1.54) is 4.40 Å². The van der Waals surface area contributed by atoms with E-state index in [1.807, 2.05) is 19.9 Å². The third kappa shape index (κ3) is 3.24. The van der Waals surface area contributed by atoms with E-state index in [0.717, 1.165) is 5.56 Å². The van der Waals surface area contributed by atoms with Gasteiger partial charge in [-0.1, -0.05) is 6.07 Å². The van der Waals surface area contributed by atoms with Gasteiger partial charge < -0.3 is 10.1 Å². The normalized spacial score (nSPS) is 10.7. The van der Waals surface area contributed by atoms with Gasteiger partial charge in [-0.25, -0.2) is 4.98 Å². The summed E-state index contributed by atoms with van der Waals surface area (Å²) >= 11 is 0. The predicted molar refractivity (Wildman–Crippen MR) is 96.5 cm³/mol. The van der Waals surface area contributed by atoms with E-state index in [0.29, 0.717) is 29.3 Å². The molecule has 0 unspecified atom stereocenters. The number of hydrogen-bond donors (Lipinski definition) is 1. The highest BCUT2D eigenvalue weighted by Crippen LogP contribution is 2.15. The minimum atomic E-state index is -0.363. The molecule has 1 aromatic carbocycles. The zero-order valence-electron chi connectivity index (χ0n) is 14.4. The number of rotatable bonds is 4. The van der Waals surface area contributed by atoms with Crippen molar-refractivity contribution in [2.45, 2.75) is 20.8 Å². The number of anilines is 1. The lowest BCUT2D eigenvalue weighted by molar-refractivity contribution is 0.102. The van der Waals surface area contributed by atoms with Crippen LogP contribution in [0.5, 0.6) is 5.75 Å². The number of aromatic nitrogens is 2. The van der Waals surface area contributed by atoms with Crippen molar-refractivity contribution in [1.82, 2.24) is 9.38 Å². The van der Waals surface area contributed by atoms with Crippen molar-refractivity contribution in [3.63, 3.8) is 0 Å². The van der Waals surface area contributed by atoms with E-state index in [2.05, 4.69) is 10.3 Å². The second kappa shape index (κ2) is 6.76. The fourth-order valence-electron chi connectivity index (χ4n) is 2.60. The van der Waals surface area contributed by atoms with Crippen molar-refractivity contribution >= 4 is 17.2 Å². The summed E-state index contributed by atoms with van der Waals surface area (Å²) in [5.74, 6) is 0.329. The summed E-state index contributed by atoms with van der Waals surface area (Å²) in [5, 5.41) is 2.68. The average Bonchev–Trinajstić information content (AvgIpc) is 2.60. The average molecular weight is 337 g/mol. The molecular weight excluding hydrogens is 318 g/mol. The Labute approximate surface area is 145 Å². The van der Waals surface area contributed by atoms with Gasteiger partial charge in [-0.2, -0.15) is 0 Å². The minimum absolute atomic E-state index is 0.182. The molecule has 0 aliphatic rings. The van der Waals surface area contributed by atoms with Gasteiger partial charge in [0.25, 0.3) is 11.5 Å². The van der Waals surface area contributed by atoms with Crippen LogP contribution >= 0.6 is 0 Å². The Hall–Kier alpha value is -3.15. The van der Waals surface area contributed by atoms with Crippen molar-refractivity contribution in [2.75, 3.05) is 11.9 Å². The summed E-state index contributed by atoms with van der Waals surface area (Å²) in [7, 11) is 0. The van der Waals surface area contributed by atoms with E-state index >= 15 is 0 Å². The number of nitrogens with one attached hydrogen (secondary N) is 1. The Morgan fingerprint density at radius 1 is 1.20 bits per heavy atom. The van der Waals surface area contributed by atoms with Gasteiger partial charge in [0.1, 0.15) is 17.1 Å². The zero-order chi connectivity index (χ0) is 18.0. The minimum Gasteiger partial charge on any atom is -0.494 e. The number of hydrogen-bond acceptors (Lipinski definition) is 4. The lowest BCUT2D eigenvalue weighted by atomic mass is 10.2.